The summed E-state index contributed by atoms with van der Waals surface area (Å²) in [5.41, 5.74) is 3.08. The van der Waals surface area contributed by atoms with Crippen LogP contribution >= 0.6 is 0 Å². The predicted octanol–water partition coefficient (Wildman–Crippen LogP) is 1.25. The summed E-state index contributed by atoms with van der Waals surface area (Å²) in [5, 5.41) is 7.42. The molecule has 0 fully saturated rings. The van der Waals surface area contributed by atoms with Crippen LogP contribution in [0.2, 0.25) is 0 Å². The fourth-order valence-corrected chi connectivity index (χ4v) is 2.51. The van der Waals surface area contributed by atoms with Crippen molar-refractivity contribution in [2.24, 2.45) is 7.05 Å². The molecular weight excluding hydrogens is 276 g/mol. The minimum absolute atomic E-state index is 0.253. The summed E-state index contributed by atoms with van der Waals surface area (Å²) in [6.07, 6.45) is 1.82. The van der Waals surface area contributed by atoms with Crippen molar-refractivity contribution in [1.29, 1.82) is 0 Å². The first-order valence-corrected chi connectivity index (χ1v) is 7.67. The lowest BCUT2D eigenvalue weighted by molar-refractivity contribution is 0.588. The summed E-state index contributed by atoms with van der Waals surface area (Å²) in [7, 11) is -0.0820. The highest BCUT2D eigenvalue weighted by Gasteiger charge is 2.10. The van der Waals surface area contributed by atoms with E-state index < -0.39 is 10.0 Å². The van der Waals surface area contributed by atoms with Crippen LogP contribution in [0.25, 0.3) is 0 Å². The molecule has 0 unspecified atom stereocenters. The highest BCUT2D eigenvalue weighted by molar-refractivity contribution is 7.89. The zero-order valence-electron chi connectivity index (χ0n) is 11.7. The van der Waals surface area contributed by atoms with Gasteiger partial charge in [0.05, 0.1) is 11.1 Å². The van der Waals surface area contributed by atoms with Gasteiger partial charge in [-0.3, -0.25) is 4.68 Å². The maximum absolute atomic E-state index is 11.6. The number of rotatable bonds is 5. The molecule has 0 radical (unpaired) electrons. The minimum atomic E-state index is -3.38. The molecule has 1 aromatic heterocycles. The van der Waals surface area contributed by atoms with Gasteiger partial charge in [0, 0.05) is 30.5 Å². The van der Waals surface area contributed by atoms with Crippen LogP contribution < -0.4 is 10.0 Å². The summed E-state index contributed by atoms with van der Waals surface area (Å²) in [4.78, 5) is 0.253. The molecular formula is C13H18N4O2S. The van der Waals surface area contributed by atoms with Crippen molar-refractivity contribution in [2.45, 2.75) is 18.4 Å². The van der Waals surface area contributed by atoms with Gasteiger partial charge >= 0.3 is 0 Å². The van der Waals surface area contributed by atoms with Gasteiger partial charge in [0.2, 0.25) is 10.0 Å². The first-order valence-electron chi connectivity index (χ1n) is 6.19. The molecule has 108 valence electrons. The van der Waals surface area contributed by atoms with Gasteiger partial charge in [0.1, 0.15) is 0 Å². The van der Waals surface area contributed by atoms with Crippen LogP contribution in [0.1, 0.15) is 11.3 Å². The number of nitrogens with zero attached hydrogens (tertiary/aromatic N) is 2. The summed E-state index contributed by atoms with van der Waals surface area (Å²) in [6.45, 7) is 2.66. The maximum Gasteiger partial charge on any atom is 0.240 e. The average molecular weight is 294 g/mol. The third-order valence-corrected chi connectivity index (χ3v) is 4.68. The third-order valence-electron chi connectivity index (χ3n) is 3.25. The van der Waals surface area contributed by atoms with Crippen LogP contribution in [0, 0.1) is 6.92 Å². The monoisotopic (exact) mass is 294 g/mol. The Morgan fingerprint density at radius 1 is 1.25 bits per heavy atom. The van der Waals surface area contributed by atoms with Crippen LogP contribution in [0.5, 0.6) is 0 Å². The largest absolute Gasteiger partial charge is 0.381 e. The molecule has 2 aromatic rings. The minimum Gasteiger partial charge on any atom is -0.381 e. The Bertz CT molecular complexity index is 690. The predicted molar refractivity (Wildman–Crippen MR) is 78.0 cm³/mol. The van der Waals surface area contributed by atoms with Gasteiger partial charge in [0.15, 0.2) is 0 Å². The lowest BCUT2D eigenvalue weighted by atomic mass is 10.2. The van der Waals surface area contributed by atoms with Crippen molar-refractivity contribution in [3.8, 4) is 0 Å². The number of nitrogens with one attached hydrogen (secondary N) is 2. The highest BCUT2D eigenvalue weighted by Crippen LogP contribution is 2.15. The van der Waals surface area contributed by atoms with Gasteiger partial charge in [-0.15, -0.1) is 0 Å². The van der Waals surface area contributed by atoms with Gasteiger partial charge in [-0.2, -0.15) is 5.10 Å². The maximum atomic E-state index is 11.6. The second-order valence-corrected chi connectivity index (χ2v) is 6.35. The van der Waals surface area contributed by atoms with E-state index in [1.807, 2.05) is 24.9 Å². The lowest BCUT2D eigenvalue weighted by Gasteiger charge is -2.07. The number of hydrogen-bond donors (Lipinski definition) is 2. The standard InChI is InChI=1S/C13H18N4O2S/c1-10-11(9-16-17(10)3)8-15-12-4-6-13(7-5-12)20(18,19)14-2/h4-7,9,14-15H,8H2,1-3H3. The summed E-state index contributed by atoms with van der Waals surface area (Å²) in [5.74, 6) is 0. The fraction of sp³-hybridized carbons (Fsp3) is 0.308. The Morgan fingerprint density at radius 2 is 1.90 bits per heavy atom. The number of benzene rings is 1. The molecule has 0 spiro atoms. The molecule has 7 heteroatoms. The van der Waals surface area contributed by atoms with E-state index in [2.05, 4.69) is 15.1 Å². The molecule has 0 saturated heterocycles. The molecule has 2 N–H and O–H groups in total. The highest BCUT2D eigenvalue weighted by atomic mass is 32.2. The third kappa shape index (κ3) is 3.00. The van der Waals surface area contributed by atoms with E-state index in [0.29, 0.717) is 6.54 Å². The number of anilines is 1. The Morgan fingerprint density at radius 3 is 2.40 bits per heavy atom. The van der Waals surface area contributed by atoms with E-state index >= 15 is 0 Å². The Kier molecular flexibility index (Phi) is 4.10. The van der Waals surface area contributed by atoms with E-state index in [4.69, 9.17) is 0 Å². The molecule has 0 aliphatic heterocycles. The van der Waals surface area contributed by atoms with E-state index in [0.717, 1.165) is 16.9 Å². The number of hydrogen-bond acceptors (Lipinski definition) is 4. The molecule has 0 saturated carbocycles. The van der Waals surface area contributed by atoms with Crippen molar-refractivity contribution in [2.75, 3.05) is 12.4 Å². The van der Waals surface area contributed by atoms with Gasteiger partial charge in [-0.1, -0.05) is 0 Å². The number of sulfonamides is 1. The van der Waals surface area contributed by atoms with E-state index in [1.54, 1.807) is 24.3 Å². The number of aromatic nitrogens is 2. The molecule has 0 amide bonds. The molecule has 2 rings (SSSR count). The van der Waals surface area contributed by atoms with Crippen molar-refractivity contribution in [3.05, 3.63) is 41.7 Å². The Hall–Kier alpha value is -1.86. The molecule has 0 atom stereocenters. The molecule has 1 heterocycles. The zero-order valence-corrected chi connectivity index (χ0v) is 12.5. The van der Waals surface area contributed by atoms with Crippen LogP contribution in [0.15, 0.2) is 35.4 Å². The van der Waals surface area contributed by atoms with E-state index in [-0.39, 0.29) is 4.90 Å². The van der Waals surface area contributed by atoms with Gasteiger partial charge in [0.25, 0.3) is 0 Å². The molecule has 20 heavy (non-hydrogen) atoms. The van der Waals surface area contributed by atoms with Gasteiger partial charge in [-0.05, 0) is 38.2 Å². The summed E-state index contributed by atoms with van der Waals surface area (Å²) >= 11 is 0. The first-order chi connectivity index (χ1) is 9.44. The normalized spacial score (nSPS) is 11.6. The van der Waals surface area contributed by atoms with Crippen LogP contribution in [-0.2, 0) is 23.6 Å². The van der Waals surface area contributed by atoms with E-state index in [9.17, 15) is 8.42 Å². The van der Waals surface area contributed by atoms with Crippen LogP contribution in [0.4, 0.5) is 5.69 Å². The average Bonchev–Trinajstić information content (AvgIpc) is 2.77. The molecule has 1 aromatic carbocycles. The second-order valence-electron chi connectivity index (χ2n) is 4.46. The zero-order chi connectivity index (χ0) is 14.8. The lowest BCUT2D eigenvalue weighted by Crippen LogP contribution is -2.18. The van der Waals surface area contributed by atoms with Gasteiger partial charge < -0.3 is 5.32 Å². The number of aryl methyl sites for hydroxylation is 1. The molecule has 0 aliphatic rings. The topological polar surface area (TPSA) is 76.0 Å². The molecule has 0 bridgehead atoms. The van der Waals surface area contributed by atoms with Crippen molar-refractivity contribution in [3.63, 3.8) is 0 Å². The van der Waals surface area contributed by atoms with Crippen molar-refractivity contribution < 1.29 is 8.42 Å². The van der Waals surface area contributed by atoms with Crippen LogP contribution in [0.3, 0.4) is 0 Å². The van der Waals surface area contributed by atoms with Gasteiger partial charge in [-0.25, -0.2) is 13.1 Å². The Balaban J connectivity index is 2.07. The SMILES string of the molecule is CNS(=O)(=O)c1ccc(NCc2cnn(C)c2C)cc1. The molecule has 6 nitrogen and oxygen atoms in total. The van der Waals surface area contributed by atoms with Crippen molar-refractivity contribution >= 4 is 15.7 Å². The first kappa shape index (κ1) is 14.5. The second kappa shape index (κ2) is 5.64. The van der Waals surface area contributed by atoms with Crippen LogP contribution in [-0.4, -0.2) is 25.2 Å². The Labute approximate surface area is 118 Å². The fourth-order valence-electron chi connectivity index (χ4n) is 1.78. The van der Waals surface area contributed by atoms with E-state index in [1.165, 1.54) is 7.05 Å². The quantitative estimate of drug-likeness (QED) is 0.870. The summed E-state index contributed by atoms with van der Waals surface area (Å²) in [6, 6.07) is 6.64. The molecule has 0 aliphatic carbocycles. The smallest absolute Gasteiger partial charge is 0.240 e. The van der Waals surface area contributed by atoms with Crippen molar-refractivity contribution in [1.82, 2.24) is 14.5 Å². The summed E-state index contributed by atoms with van der Waals surface area (Å²) < 4.78 is 27.3.